The number of anilines is 3. The smallest absolute Gasteiger partial charge is 0.264 e. The SMILES string of the molecule is Cc1ccc(NS(=O)(=O)c2cc3c(cc2N[C@@H](C)CO)CCC(=O)N3)cc1C. The first-order valence-electron chi connectivity index (χ1n) is 9.14. The Labute approximate surface area is 165 Å². The van der Waals surface area contributed by atoms with Gasteiger partial charge in [-0.15, -0.1) is 0 Å². The Bertz CT molecular complexity index is 1020. The molecule has 0 saturated heterocycles. The van der Waals surface area contributed by atoms with Crippen molar-refractivity contribution < 1.29 is 18.3 Å². The number of sulfonamides is 1. The summed E-state index contributed by atoms with van der Waals surface area (Å²) in [6.07, 6.45) is 0.892. The summed E-state index contributed by atoms with van der Waals surface area (Å²) in [6, 6.07) is 8.22. The summed E-state index contributed by atoms with van der Waals surface area (Å²) in [6.45, 7) is 5.49. The molecule has 0 spiro atoms. The van der Waals surface area contributed by atoms with Crippen LogP contribution in [0.25, 0.3) is 0 Å². The van der Waals surface area contributed by atoms with Gasteiger partial charge in [-0.05, 0) is 68.1 Å². The highest BCUT2D eigenvalue weighted by Crippen LogP contribution is 2.33. The van der Waals surface area contributed by atoms with E-state index in [2.05, 4.69) is 15.4 Å². The Morgan fingerprint density at radius 2 is 1.89 bits per heavy atom. The summed E-state index contributed by atoms with van der Waals surface area (Å²) in [4.78, 5) is 11.8. The molecule has 1 heterocycles. The van der Waals surface area contributed by atoms with E-state index in [0.717, 1.165) is 16.7 Å². The number of hydrogen-bond donors (Lipinski definition) is 4. The molecule has 28 heavy (non-hydrogen) atoms. The Kier molecular flexibility index (Phi) is 5.62. The molecule has 1 aliphatic rings. The molecule has 8 heteroatoms. The maximum atomic E-state index is 13.1. The number of amides is 1. The average molecular weight is 404 g/mol. The third-order valence-electron chi connectivity index (χ3n) is 4.83. The summed E-state index contributed by atoms with van der Waals surface area (Å²) >= 11 is 0. The fourth-order valence-electron chi connectivity index (χ4n) is 3.07. The second-order valence-electron chi connectivity index (χ2n) is 7.19. The Morgan fingerprint density at radius 3 is 2.57 bits per heavy atom. The third kappa shape index (κ3) is 4.28. The summed E-state index contributed by atoms with van der Waals surface area (Å²) in [5.74, 6) is -0.137. The zero-order valence-electron chi connectivity index (χ0n) is 16.2. The Morgan fingerprint density at radius 1 is 1.14 bits per heavy atom. The van der Waals surface area contributed by atoms with Crippen molar-refractivity contribution in [2.75, 3.05) is 22.0 Å². The van der Waals surface area contributed by atoms with Crippen LogP contribution in [0.3, 0.4) is 0 Å². The number of fused-ring (bicyclic) bond motifs is 1. The molecule has 0 aromatic heterocycles. The maximum absolute atomic E-state index is 13.1. The van der Waals surface area contributed by atoms with E-state index >= 15 is 0 Å². The number of rotatable bonds is 6. The number of aliphatic hydroxyl groups excluding tert-OH is 1. The van der Waals surface area contributed by atoms with Crippen molar-refractivity contribution in [3.63, 3.8) is 0 Å². The van der Waals surface area contributed by atoms with Gasteiger partial charge in [-0.25, -0.2) is 8.42 Å². The Hall–Kier alpha value is -2.58. The van der Waals surface area contributed by atoms with Gasteiger partial charge in [-0.1, -0.05) is 6.07 Å². The van der Waals surface area contributed by atoms with Gasteiger partial charge in [-0.3, -0.25) is 9.52 Å². The van der Waals surface area contributed by atoms with Gasteiger partial charge < -0.3 is 15.7 Å². The Balaban J connectivity index is 2.04. The summed E-state index contributed by atoms with van der Waals surface area (Å²) < 4.78 is 28.9. The molecule has 0 fully saturated rings. The van der Waals surface area contributed by atoms with E-state index in [0.29, 0.717) is 29.9 Å². The van der Waals surface area contributed by atoms with Crippen LogP contribution in [0.4, 0.5) is 17.1 Å². The van der Waals surface area contributed by atoms with Crippen molar-refractivity contribution in [1.82, 2.24) is 0 Å². The highest BCUT2D eigenvalue weighted by molar-refractivity contribution is 7.92. The van der Waals surface area contributed by atoms with Crippen molar-refractivity contribution in [3.8, 4) is 0 Å². The molecule has 2 aromatic rings. The standard InChI is InChI=1S/C20H25N3O4S/c1-12-4-6-16(8-13(12)2)23-28(26,27)19-10-17-15(5-7-20(25)22-17)9-18(19)21-14(3)11-24/h4,6,8-10,14,21,23-24H,5,7,11H2,1-3H3,(H,22,25)/t14-/m0/s1. The van der Waals surface area contributed by atoms with Gasteiger partial charge in [-0.2, -0.15) is 0 Å². The number of hydrogen-bond acceptors (Lipinski definition) is 5. The molecule has 0 aliphatic carbocycles. The molecule has 4 N–H and O–H groups in total. The number of carbonyl (C=O) groups excluding carboxylic acids is 1. The lowest BCUT2D eigenvalue weighted by atomic mass is 10.0. The number of nitrogens with one attached hydrogen (secondary N) is 3. The van der Waals surface area contributed by atoms with Crippen LogP contribution in [0.15, 0.2) is 35.2 Å². The number of aliphatic hydroxyl groups is 1. The van der Waals surface area contributed by atoms with E-state index in [1.165, 1.54) is 6.07 Å². The summed E-state index contributed by atoms with van der Waals surface area (Å²) in [5, 5.41) is 15.2. The minimum absolute atomic E-state index is 0.0204. The number of carbonyl (C=O) groups is 1. The van der Waals surface area contributed by atoms with Crippen molar-refractivity contribution >= 4 is 33.0 Å². The van der Waals surface area contributed by atoms with Crippen LogP contribution in [0.2, 0.25) is 0 Å². The maximum Gasteiger partial charge on any atom is 0.264 e. The summed E-state index contributed by atoms with van der Waals surface area (Å²) in [5.41, 5.74) is 4.26. The lowest BCUT2D eigenvalue weighted by Gasteiger charge is -2.23. The van der Waals surface area contributed by atoms with E-state index in [4.69, 9.17) is 0 Å². The van der Waals surface area contributed by atoms with Crippen molar-refractivity contribution in [3.05, 3.63) is 47.0 Å². The normalized spacial score (nSPS) is 14.8. The van der Waals surface area contributed by atoms with Crippen LogP contribution in [0.5, 0.6) is 0 Å². The van der Waals surface area contributed by atoms with E-state index in [9.17, 15) is 18.3 Å². The molecule has 3 rings (SSSR count). The molecule has 1 atom stereocenters. The number of aryl methyl sites for hydroxylation is 3. The van der Waals surface area contributed by atoms with E-state index in [1.807, 2.05) is 19.9 Å². The first-order chi connectivity index (χ1) is 13.2. The van der Waals surface area contributed by atoms with Crippen LogP contribution in [0, 0.1) is 13.8 Å². The van der Waals surface area contributed by atoms with Crippen LogP contribution < -0.4 is 15.4 Å². The minimum atomic E-state index is -3.92. The van der Waals surface area contributed by atoms with Gasteiger partial charge in [0.15, 0.2) is 0 Å². The lowest BCUT2D eigenvalue weighted by Crippen LogP contribution is -2.25. The molecule has 1 amide bonds. The average Bonchev–Trinajstić information content (AvgIpc) is 2.64. The molecule has 2 aromatic carbocycles. The molecule has 150 valence electrons. The summed E-state index contributed by atoms with van der Waals surface area (Å²) in [7, 11) is -3.92. The zero-order valence-corrected chi connectivity index (χ0v) is 17.0. The van der Waals surface area contributed by atoms with Gasteiger partial charge in [0.1, 0.15) is 4.90 Å². The van der Waals surface area contributed by atoms with Crippen LogP contribution in [-0.2, 0) is 21.2 Å². The predicted molar refractivity (Wildman–Crippen MR) is 110 cm³/mol. The van der Waals surface area contributed by atoms with Gasteiger partial charge in [0.2, 0.25) is 5.91 Å². The van der Waals surface area contributed by atoms with E-state index < -0.39 is 10.0 Å². The largest absolute Gasteiger partial charge is 0.394 e. The molecular weight excluding hydrogens is 378 g/mol. The van der Waals surface area contributed by atoms with E-state index in [-0.39, 0.29) is 23.5 Å². The third-order valence-corrected chi connectivity index (χ3v) is 6.25. The monoisotopic (exact) mass is 403 g/mol. The zero-order chi connectivity index (χ0) is 20.5. The fraction of sp³-hybridized carbons (Fsp3) is 0.350. The molecule has 0 unspecified atom stereocenters. The van der Waals surface area contributed by atoms with Crippen molar-refractivity contribution in [1.29, 1.82) is 0 Å². The second kappa shape index (κ2) is 7.81. The molecule has 0 saturated carbocycles. The van der Waals surface area contributed by atoms with Crippen molar-refractivity contribution in [2.24, 2.45) is 0 Å². The quantitative estimate of drug-likeness (QED) is 0.593. The predicted octanol–water partition coefficient (Wildman–Crippen LogP) is 2.78. The molecule has 0 radical (unpaired) electrons. The van der Waals surface area contributed by atoms with Gasteiger partial charge in [0, 0.05) is 23.8 Å². The van der Waals surface area contributed by atoms with Gasteiger partial charge in [0.25, 0.3) is 10.0 Å². The first kappa shape index (κ1) is 20.2. The van der Waals surface area contributed by atoms with Crippen molar-refractivity contribution in [2.45, 2.75) is 44.6 Å². The van der Waals surface area contributed by atoms with E-state index in [1.54, 1.807) is 25.1 Å². The molecule has 7 nitrogen and oxygen atoms in total. The van der Waals surface area contributed by atoms with Crippen LogP contribution in [-0.4, -0.2) is 32.1 Å². The number of benzene rings is 2. The first-order valence-corrected chi connectivity index (χ1v) is 10.6. The lowest BCUT2D eigenvalue weighted by molar-refractivity contribution is -0.116. The van der Waals surface area contributed by atoms with Crippen LogP contribution >= 0.6 is 0 Å². The topological polar surface area (TPSA) is 108 Å². The second-order valence-corrected chi connectivity index (χ2v) is 8.84. The highest BCUT2D eigenvalue weighted by Gasteiger charge is 2.25. The molecular formula is C20H25N3O4S. The molecule has 0 bridgehead atoms. The highest BCUT2D eigenvalue weighted by atomic mass is 32.2. The molecule has 1 aliphatic heterocycles. The van der Waals surface area contributed by atoms with Crippen LogP contribution in [0.1, 0.15) is 30.0 Å². The fourth-order valence-corrected chi connectivity index (χ4v) is 4.30. The van der Waals surface area contributed by atoms with Gasteiger partial charge >= 0.3 is 0 Å². The minimum Gasteiger partial charge on any atom is -0.394 e. The van der Waals surface area contributed by atoms with Gasteiger partial charge in [0.05, 0.1) is 12.3 Å².